The van der Waals surface area contributed by atoms with E-state index in [4.69, 9.17) is 343 Å². The van der Waals surface area contributed by atoms with Gasteiger partial charge in [-0.1, -0.05) is 48.5 Å². The molecule has 10 heterocycles. The predicted molar refractivity (Wildman–Crippen MR) is 456 cm³/mol. The Balaban J connectivity index is 0.000000144. The number of halogens is 24. The molecule has 45 heteroatoms. The first-order valence-corrected chi connectivity index (χ1v) is 43.8. The van der Waals surface area contributed by atoms with Crippen LogP contribution in [0.2, 0.25) is 121 Å². The molecule has 113 heavy (non-hydrogen) atoms. The van der Waals surface area contributed by atoms with Crippen LogP contribution in [0, 0.1) is 50.4 Å². The van der Waals surface area contributed by atoms with Crippen LogP contribution in [-0.2, 0) is 19.5 Å². The van der Waals surface area contributed by atoms with Crippen molar-refractivity contribution >= 4 is 337 Å². The molecular weight excluding hydrogens is 2110 g/mol. The molecule has 12 aromatic rings. The van der Waals surface area contributed by atoms with Crippen LogP contribution in [0.1, 0.15) is 36.6 Å². The van der Waals surface area contributed by atoms with Crippen LogP contribution >= 0.6 is 293 Å². The summed E-state index contributed by atoms with van der Waals surface area (Å²) in [5.41, 5.74) is 8.13. The first-order valence-electron chi connectivity index (χ1n) is 30.4. The van der Waals surface area contributed by atoms with Gasteiger partial charge in [-0.25, -0.2) is 0 Å². The maximum atomic E-state index is 7.32. The van der Waals surface area contributed by atoms with Gasteiger partial charge in [-0.3, -0.25) is 19.9 Å². The summed E-state index contributed by atoms with van der Waals surface area (Å²) in [6.07, 6.45) is 0. The summed E-state index contributed by atoms with van der Waals surface area (Å²) >= 11 is 152. The Morgan fingerprint density at radius 2 is 0.310 bits per heavy atom. The third kappa shape index (κ3) is 14.2. The van der Waals surface area contributed by atoms with Crippen LogP contribution in [-0.4, -0.2) is 19.9 Å². The summed E-state index contributed by atoms with van der Waals surface area (Å²) in [6.45, 7) is 10.9. The van der Waals surface area contributed by atoms with Gasteiger partial charge in [-0.2, -0.15) is 10.5 Å². The van der Waals surface area contributed by atoms with Gasteiger partial charge in [0, 0.05) is 58.2 Å². The Labute approximate surface area is 770 Å². The van der Waals surface area contributed by atoms with Gasteiger partial charge in [0.2, 0.25) is 0 Å². The minimum absolute atomic E-state index is 0. The third-order valence-corrected chi connectivity index (χ3v) is 33.3. The minimum Gasteiger partial charge on any atom is 2.00 e. The number of rotatable bonds is 0. The molecular formula is C68H30Cl24N6O12P2Ru. The maximum Gasteiger partial charge on any atom is 2.00 e. The summed E-state index contributed by atoms with van der Waals surface area (Å²) < 4.78 is 73.7. The molecule has 0 unspecified atom stereocenters. The molecule has 2 spiro atoms. The standard InChI is InChI=1S/2C18Cl12O6P.2C14H12N2.2C2H3N.Ru/c2*19-1-2(20)8(26)14-13(7(1)25)31-37(32-14,33-15-9(27)3(21)4(22)10(28)16(15)34-37)35-17-11(29)5(23)6(24)12(30)18(17)36-37;2*1-9-3-5-11-7-8-12-6-4-10(2)16-14(12)13(11)15-9;2*1-2-3;/h;;2*3-8H,1-2H3;2*1H3;/q2*-1;;;;;+2. The zero-order valence-corrected chi connectivity index (χ0v) is 77.5. The normalized spacial score (nSPS) is 16.5. The topological polar surface area (TPSA) is 210 Å². The molecule has 0 saturated heterocycles. The largest absolute Gasteiger partial charge is 2.00 e. The molecule has 0 bridgehead atoms. The van der Waals surface area contributed by atoms with Gasteiger partial charge in [-0.05, 0) is 52.0 Å². The van der Waals surface area contributed by atoms with Crippen molar-refractivity contribution in [2.75, 3.05) is 0 Å². The predicted octanol–water partition coefficient (Wildman–Crippen LogP) is 33.5. The molecule has 0 radical (unpaired) electrons. The zero-order chi connectivity index (χ0) is 81.7. The van der Waals surface area contributed by atoms with Gasteiger partial charge in [-0.15, -0.1) is 0 Å². The van der Waals surface area contributed by atoms with E-state index in [-0.39, 0.29) is 209 Å². The second kappa shape index (κ2) is 31.1. The summed E-state index contributed by atoms with van der Waals surface area (Å²) in [5, 5.41) is 13.4. The number of aryl methyl sites for hydroxylation is 4. The molecule has 6 aliphatic heterocycles. The summed E-state index contributed by atoms with van der Waals surface area (Å²) in [6, 6.07) is 28.4. The molecule has 0 fully saturated rings. The number of pyridine rings is 4. The number of benzene rings is 8. The van der Waals surface area contributed by atoms with Crippen molar-refractivity contribution in [2.45, 2.75) is 41.5 Å². The number of nitrogens with zero attached hydrogens (tertiary/aromatic N) is 6. The number of aromatic nitrogens is 4. The van der Waals surface area contributed by atoms with Gasteiger partial charge in [0.05, 0.1) is 34.2 Å². The summed E-state index contributed by atoms with van der Waals surface area (Å²) in [5.74, 6) is -4.27. The SMILES string of the molecule is CC#N.CC#N.Cc1ccc2ccc3ccc(C)nc3c2n1.Cc1ccc2ccc3ccc(C)nc3c2n1.Clc1c(Cl)c(Cl)c2c(c1Cl)O[P-]13(O2)(Oc2c(Cl)c(Cl)c(Cl)c(Cl)c2O1)Oc1c(Cl)c(Cl)c(Cl)c(Cl)c1O3.Clc1c(Cl)c(Cl)c2c(c1Cl)O[P-]13(O2)(Oc2c(Cl)c(Cl)c(Cl)c(Cl)c2O1)Oc1c(Cl)c(Cl)c(Cl)c(Cl)c1O3.[Ru+2]. The Bertz CT molecular complexity index is 5260. The second-order valence-electron chi connectivity index (χ2n) is 23.5. The van der Waals surface area contributed by atoms with Crippen molar-refractivity contribution in [2.24, 2.45) is 0 Å². The van der Waals surface area contributed by atoms with Gasteiger partial charge >= 0.3 is 556 Å². The minimum atomic E-state index is -6.81. The summed E-state index contributed by atoms with van der Waals surface area (Å²) in [7, 11) is -13.6. The zero-order valence-electron chi connectivity index (χ0n) is 55.8. The van der Waals surface area contributed by atoms with Gasteiger partial charge in [0.1, 0.15) is 0 Å². The van der Waals surface area contributed by atoms with E-state index in [0.717, 1.165) is 66.4 Å². The Morgan fingerprint density at radius 1 is 0.212 bits per heavy atom. The second-order valence-corrected chi connectivity index (χ2v) is 39.2. The first kappa shape index (κ1) is 88.7. The quantitative estimate of drug-likeness (QED) is 0.0454. The van der Waals surface area contributed by atoms with E-state index in [1.54, 1.807) is 12.1 Å². The Morgan fingerprint density at radius 3 is 0.416 bits per heavy atom. The number of hydrogen-bond donors (Lipinski definition) is 0. The van der Waals surface area contributed by atoms with E-state index in [1.165, 1.54) is 13.8 Å². The molecule has 6 aliphatic rings. The molecule has 0 aliphatic carbocycles. The first-order chi connectivity index (χ1) is 52.5. The van der Waals surface area contributed by atoms with Crippen molar-refractivity contribution < 1.29 is 73.8 Å². The Kier molecular flexibility index (Phi) is 24.5. The van der Waals surface area contributed by atoms with E-state index in [9.17, 15) is 0 Å². The van der Waals surface area contributed by atoms with E-state index >= 15 is 0 Å². The van der Waals surface area contributed by atoms with Crippen LogP contribution in [0.15, 0.2) is 72.8 Å². The average Bonchev–Trinajstić information content (AvgIpc) is 1.46. The van der Waals surface area contributed by atoms with Crippen molar-refractivity contribution in [3.8, 4) is 81.1 Å². The molecule has 0 amide bonds. The van der Waals surface area contributed by atoms with Crippen LogP contribution in [0.4, 0.5) is 0 Å². The van der Waals surface area contributed by atoms with Crippen molar-refractivity contribution in [3.63, 3.8) is 0 Å². The maximum absolute atomic E-state index is 7.32. The third-order valence-electron chi connectivity index (χ3n) is 16.0. The van der Waals surface area contributed by atoms with E-state index < -0.39 is 14.6 Å². The molecule has 590 valence electrons. The fraction of sp³-hybridized carbons (Fsp3) is 0.0882. The van der Waals surface area contributed by atoms with Crippen LogP contribution in [0.3, 0.4) is 0 Å². The molecule has 18 rings (SSSR count). The van der Waals surface area contributed by atoms with Crippen LogP contribution in [0.5, 0.6) is 69.0 Å². The molecule has 18 nitrogen and oxygen atoms in total. The monoisotopic (exact) mass is 2130 g/mol. The Hall–Kier alpha value is -3.58. The fourth-order valence-corrected chi connectivity index (χ4v) is 24.9. The fourth-order valence-electron chi connectivity index (χ4n) is 11.2. The smallest absolute Gasteiger partial charge is 2.00 e. The molecule has 8 aromatic carbocycles. The molecule has 0 atom stereocenters. The van der Waals surface area contributed by atoms with E-state index in [2.05, 4.69) is 68.5 Å². The van der Waals surface area contributed by atoms with E-state index in [0.29, 0.717) is 0 Å². The van der Waals surface area contributed by atoms with Crippen molar-refractivity contribution in [1.82, 2.24) is 19.9 Å². The molecule has 0 saturated carbocycles. The van der Waals surface area contributed by atoms with Crippen molar-refractivity contribution in [3.05, 3.63) is 216 Å². The number of fused-ring (bicyclic) bond motifs is 12. The van der Waals surface area contributed by atoms with E-state index in [1.807, 2.05) is 52.0 Å². The number of hydrogen-bond acceptors (Lipinski definition) is 18. The van der Waals surface area contributed by atoms with Gasteiger partial charge in [0.25, 0.3) is 0 Å². The van der Waals surface area contributed by atoms with Gasteiger partial charge < -0.3 is 0 Å². The average molecular weight is 2140 g/mol. The molecule has 4 aromatic heterocycles. The van der Waals surface area contributed by atoms with Crippen LogP contribution < -0.4 is 54.3 Å². The van der Waals surface area contributed by atoms with Crippen molar-refractivity contribution in [1.29, 1.82) is 10.5 Å². The number of nitriles is 2. The summed E-state index contributed by atoms with van der Waals surface area (Å²) in [4.78, 5) is 18.3. The van der Waals surface area contributed by atoms with Crippen LogP contribution in [0.25, 0.3) is 43.6 Å². The molecule has 0 N–H and O–H groups in total. The van der Waals surface area contributed by atoms with Gasteiger partial charge in [0.15, 0.2) is 0 Å².